The summed E-state index contributed by atoms with van der Waals surface area (Å²) in [5, 5.41) is 8.19. The van der Waals surface area contributed by atoms with Gasteiger partial charge in [-0.2, -0.15) is 5.10 Å². The predicted molar refractivity (Wildman–Crippen MR) is 111 cm³/mol. The molecule has 0 saturated heterocycles. The molecule has 0 spiro atoms. The first-order valence-corrected chi connectivity index (χ1v) is 9.23. The van der Waals surface area contributed by atoms with Crippen LogP contribution in [0.3, 0.4) is 0 Å². The number of benzene rings is 2. The Labute approximate surface area is 168 Å². The van der Waals surface area contributed by atoms with Gasteiger partial charge in [-0.25, -0.2) is 4.68 Å². The number of aryl methyl sites for hydroxylation is 3. The molecule has 1 N–H and O–H groups in total. The van der Waals surface area contributed by atoms with Gasteiger partial charge in [0.1, 0.15) is 13.1 Å². The van der Waals surface area contributed by atoms with Crippen LogP contribution in [0, 0.1) is 20.8 Å². The number of ether oxygens (including phenoxy) is 1. The summed E-state index contributed by atoms with van der Waals surface area (Å²) in [5.41, 5.74) is 4.45. The van der Waals surface area contributed by atoms with Gasteiger partial charge in [-0.15, -0.1) is 0 Å². The number of esters is 1. The second-order valence-corrected chi connectivity index (χ2v) is 6.98. The topological polar surface area (TPSA) is 90.3 Å². The van der Waals surface area contributed by atoms with Crippen LogP contribution in [0.4, 0.5) is 0 Å². The van der Waals surface area contributed by atoms with Crippen molar-refractivity contribution in [2.24, 2.45) is 0 Å². The maximum atomic E-state index is 12.9. The highest BCUT2D eigenvalue weighted by Gasteiger charge is 2.17. The summed E-state index contributed by atoms with van der Waals surface area (Å²) in [6, 6.07) is 11.4. The molecule has 0 fully saturated rings. The monoisotopic (exact) mass is 393 g/mol. The summed E-state index contributed by atoms with van der Waals surface area (Å²) in [5.74, 6) is -1.06. The third-order valence-electron chi connectivity index (χ3n) is 4.73. The maximum Gasteiger partial charge on any atom is 0.325 e. The Hall–Kier alpha value is -3.48. The molecule has 0 aliphatic heterocycles. The molecule has 3 aromatic rings. The fraction of sp³-hybridized carbons (Fsp3) is 0.273. The number of nitrogens with zero attached hydrogens (tertiary/aromatic N) is 2. The van der Waals surface area contributed by atoms with Gasteiger partial charge in [-0.05, 0) is 38.0 Å². The van der Waals surface area contributed by atoms with Crippen LogP contribution in [-0.2, 0) is 20.9 Å². The summed E-state index contributed by atoms with van der Waals surface area (Å²) in [4.78, 5) is 36.4. The quantitative estimate of drug-likeness (QED) is 0.672. The number of carbonyl (C=O) groups is 2. The van der Waals surface area contributed by atoms with Gasteiger partial charge in [-0.1, -0.05) is 35.9 Å². The van der Waals surface area contributed by atoms with E-state index in [2.05, 4.69) is 27.3 Å². The van der Waals surface area contributed by atoms with E-state index in [4.69, 9.17) is 0 Å². The van der Waals surface area contributed by atoms with E-state index in [1.807, 2.05) is 32.9 Å². The second-order valence-electron chi connectivity index (χ2n) is 6.98. The van der Waals surface area contributed by atoms with Crippen LogP contribution in [0.1, 0.15) is 16.7 Å². The van der Waals surface area contributed by atoms with Gasteiger partial charge in [0.25, 0.3) is 5.56 Å². The third kappa shape index (κ3) is 4.18. The number of nitrogens with one attached hydrogen (secondary N) is 1. The van der Waals surface area contributed by atoms with Crippen LogP contribution in [0.15, 0.2) is 41.2 Å². The molecule has 29 heavy (non-hydrogen) atoms. The van der Waals surface area contributed by atoms with Gasteiger partial charge in [0, 0.05) is 10.9 Å². The molecule has 0 radical (unpaired) electrons. The van der Waals surface area contributed by atoms with Gasteiger partial charge in [-0.3, -0.25) is 14.4 Å². The first-order valence-electron chi connectivity index (χ1n) is 9.23. The molecule has 0 atom stereocenters. The number of fused-ring (bicyclic) bond motifs is 1. The molecule has 0 unspecified atom stereocenters. The molecule has 0 aliphatic rings. The van der Waals surface area contributed by atoms with Crippen molar-refractivity contribution in [3.63, 3.8) is 0 Å². The standard InChI is InChI=1S/C22H23N3O4/c1-13-9-14(2)20(15(3)10-13)21-16-7-5-6-8-17(16)22(28)25(24-21)12-18(26)23-11-19(27)29-4/h5-10H,11-12H2,1-4H3,(H,23,26). The van der Waals surface area contributed by atoms with Crippen LogP contribution in [0.25, 0.3) is 22.0 Å². The zero-order valence-corrected chi connectivity index (χ0v) is 16.9. The maximum absolute atomic E-state index is 12.9. The van der Waals surface area contributed by atoms with Crippen molar-refractivity contribution in [1.82, 2.24) is 15.1 Å². The van der Waals surface area contributed by atoms with Crippen molar-refractivity contribution in [2.75, 3.05) is 13.7 Å². The SMILES string of the molecule is COC(=O)CNC(=O)Cn1nc(-c2c(C)cc(C)cc2C)c2ccccc2c1=O. The Balaban J connectivity index is 2.12. The second kappa shape index (κ2) is 8.26. The van der Waals surface area contributed by atoms with E-state index in [9.17, 15) is 14.4 Å². The lowest BCUT2D eigenvalue weighted by Crippen LogP contribution is -2.36. The van der Waals surface area contributed by atoms with E-state index >= 15 is 0 Å². The number of hydrogen-bond acceptors (Lipinski definition) is 5. The summed E-state index contributed by atoms with van der Waals surface area (Å²) in [6.45, 7) is 5.48. The van der Waals surface area contributed by atoms with E-state index in [0.717, 1.165) is 32.3 Å². The Bertz CT molecular complexity index is 1140. The Morgan fingerprint density at radius 1 is 1.07 bits per heavy atom. The summed E-state index contributed by atoms with van der Waals surface area (Å²) < 4.78 is 5.65. The first-order chi connectivity index (χ1) is 13.8. The van der Waals surface area contributed by atoms with E-state index in [-0.39, 0.29) is 18.6 Å². The summed E-state index contributed by atoms with van der Waals surface area (Å²) in [6.07, 6.45) is 0. The van der Waals surface area contributed by atoms with Crippen molar-refractivity contribution in [3.8, 4) is 11.3 Å². The molecular formula is C22H23N3O4. The van der Waals surface area contributed by atoms with Crippen molar-refractivity contribution < 1.29 is 14.3 Å². The zero-order chi connectivity index (χ0) is 21.1. The fourth-order valence-corrected chi connectivity index (χ4v) is 3.52. The van der Waals surface area contributed by atoms with E-state index < -0.39 is 11.9 Å². The molecular weight excluding hydrogens is 370 g/mol. The number of methoxy groups -OCH3 is 1. The minimum Gasteiger partial charge on any atom is -0.468 e. The highest BCUT2D eigenvalue weighted by molar-refractivity contribution is 5.95. The first kappa shape index (κ1) is 20.3. The Morgan fingerprint density at radius 2 is 1.69 bits per heavy atom. The Morgan fingerprint density at radius 3 is 2.31 bits per heavy atom. The van der Waals surface area contributed by atoms with Crippen molar-refractivity contribution in [1.29, 1.82) is 0 Å². The largest absolute Gasteiger partial charge is 0.468 e. The van der Waals surface area contributed by atoms with Gasteiger partial charge in [0.15, 0.2) is 0 Å². The fourth-order valence-electron chi connectivity index (χ4n) is 3.52. The van der Waals surface area contributed by atoms with E-state index in [1.54, 1.807) is 12.1 Å². The molecule has 0 aliphatic carbocycles. The molecule has 1 aromatic heterocycles. The highest BCUT2D eigenvalue weighted by Crippen LogP contribution is 2.31. The van der Waals surface area contributed by atoms with Crippen LogP contribution >= 0.6 is 0 Å². The van der Waals surface area contributed by atoms with E-state index in [0.29, 0.717) is 11.1 Å². The predicted octanol–water partition coefficient (Wildman–Crippen LogP) is 2.28. The smallest absolute Gasteiger partial charge is 0.325 e. The lowest BCUT2D eigenvalue weighted by Gasteiger charge is -2.15. The van der Waals surface area contributed by atoms with Crippen LogP contribution < -0.4 is 10.9 Å². The molecule has 7 heteroatoms. The average molecular weight is 393 g/mol. The molecule has 2 aromatic carbocycles. The minimum atomic E-state index is -0.566. The van der Waals surface area contributed by atoms with Gasteiger partial charge in [0.2, 0.25) is 5.91 Å². The van der Waals surface area contributed by atoms with Gasteiger partial charge < -0.3 is 10.1 Å². The van der Waals surface area contributed by atoms with Gasteiger partial charge >= 0.3 is 5.97 Å². The van der Waals surface area contributed by atoms with Crippen LogP contribution in [0.2, 0.25) is 0 Å². The molecule has 150 valence electrons. The number of rotatable bonds is 5. The average Bonchev–Trinajstić information content (AvgIpc) is 2.68. The van der Waals surface area contributed by atoms with Crippen molar-refractivity contribution in [3.05, 3.63) is 63.4 Å². The molecule has 0 saturated carbocycles. The normalized spacial score (nSPS) is 10.8. The highest BCUT2D eigenvalue weighted by atomic mass is 16.5. The number of amides is 1. The Kier molecular flexibility index (Phi) is 5.77. The number of hydrogen-bond donors (Lipinski definition) is 1. The molecule has 1 heterocycles. The summed E-state index contributed by atoms with van der Waals surface area (Å²) >= 11 is 0. The van der Waals surface area contributed by atoms with Gasteiger partial charge in [0.05, 0.1) is 18.2 Å². The van der Waals surface area contributed by atoms with Crippen LogP contribution in [0.5, 0.6) is 0 Å². The number of aromatic nitrogens is 2. The lowest BCUT2D eigenvalue weighted by molar-refractivity contribution is -0.141. The molecule has 3 rings (SSSR count). The van der Waals surface area contributed by atoms with Crippen molar-refractivity contribution in [2.45, 2.75) is 27.3 Å². The van der Waals surface area contributed by atoms with E-state index in [1.165, 1.54) is 7.11 Å². The molecule has 0 bridgehead atoms. The lowest BCUT2D eigenvalue weighted by atomic mass is 9.94. The molecule has 7 nitrogen and oxygen atoms in total. The third-order valence-corrected chi connectivity index (χ3v) is 4.73. The minimum absolute atomic E-state index is 0.263. The molecule has 1 amide bonds. The summed E-state index contributed by atoms with van der Waals surface area (Å²) in [7, 11) is 1.24. The van der Waals surface area contributed by atoms with Crippen molar-refractivity contribution >= 4 is 22.6 Å². The van der Waals surface area contributed by atoms with Crippen LogP contribution in [-0.4, -0.2) is 35.3 Å². The zero-order valence-electron chi connectivity index (χ0n) is 16.9. The number of carbonyl (C=O) groups excluding carboxylic acids is 2.